The van der Waals surface area contributed by atoms with Crippen LogP contribution in [0.15, 0.2) is 30.3 Å². The number of anilines is 1. The second-order valence-corrected chi connectivity index (χ2v) is 3.34. The Morgan fingerprint density at radius 2 is 1.79 bits per heavy atom. The second kappa shape index (κ2) is 3.22. The van der Waals surface area contributed by atoms with Gasteiger partial charge in [-0.1, -0.05) is 24.3 Å². The molecule has 72 valence electrons. The molecular weight excluding hydrogens is 174 g/mol. The lowest BCUT2D eigenvalue weighted by molar-refractivity contribution is 0.412. The molecule has 2 aromatic rings. The third-order valence-electron chi connectivity index (χ3n) is 2.52. The molecule has 14 heavy (non-hydrogen) atoms. The number of ether oxygens (including phenoxy) is 1. The molecule has 2 nitrogen and oxygen atoms in total. The van der Waals surface area contributed by atoms with Gasteiger partial charge in [0.05, 0.1) is 7.11 Å². The van der Waals surface area contributed by atoms with Crippen molar-refractivity contribution >= 4 is 16.5 Å². The molecular formula is C12H13NO. The molecule has 0 spiro atoms. The van der Waals surface area contributed by atoms with Crippen LogP contribution >= 0.6 is 0 Å². The summed E-state index contributed by atoms with van der Waals surface area (Å²) < 4.78 is 5.25. The number of hydrogen-bond donors (Lipinski definition) is 1. The maximum atomic E-state index is 5.92. The summed E-state index contributed by atoms with van der Waals surface area (Å²) in [5.74, 6) is 0.848. The molecule has 0 amide bonds. The first-order valence-electron chi connectivity index (χ1n) is 4.56. The molecule has 0 unspecified atom stereocenters. The molecule has 0 aliphatic heterocycles. The number of methoxy groups -OCH3 is 1. The van der Waals surface area contributed by atoms with Gasteiger partial charge in [-0.15, -0.1) is 0 Å². The van der Waals surface area contributed by atoms with Crippen LogP contribution < -0.4 is 10.5 Å². The molecule has 0 radical (unpaired) electrons. The van der Waals surface area contributed by atoms with Crippen LogP contribution in [0, 0.1) is 6.92 Å². The van der Waals surface area contributed by atoms with Crippen LogP contribution in [0.25, 0.3) is 10.8 Å². The van der Waals surface area contributed by atoms with E-state index in [2.05, 4.69) is 6.07 Å². The highest BCUT2D eigenvalue weighted by Gasteiger charge is 2.06. The van der Waals surface area contributed by atoms with E-state index < -0.39 is 0 Å². The van der Waals surface area contributed by atoms with Crippen molar-refractivity contribution in [1.82, 2.24) is 0 Å². The maximum Gasteiger partial charge on any atom is 0.124 e. The van der Waals surface area contributed by atoms with Gasteiger partial charge in [-0.2, -0.15) is 0 Å². The number of benzene rings is 2. The molecule has 0 saturated heterocycles. The van der Waals surface area contributed by atoms with Crippen molar-refractivity contribution in [3.63, 3.8) is 0 Å². The van der Waals surface area contributed by atoms with Gasteiger partial charge in [-0.25, -0.2) is 0 Å². The van der Waals surface area contributed by atoms with E-state index in [1.165, 1.54) is 0 Å². The fourth-order valence-electron chi connectivity index (χ4n) is 1.73. The van der Waals surface area contributed by atoms with Crippen LogP contribution in [0.3, 0.4) is 0 Å². The number of nitrogens with two attached hydrogens (primary N) is 1. The molecule has 0 heterocycles. The van der Waals surface area contributed by atoms with Crippen molar-refractivity contribution in [3.05, 3.63) is 35.9 Å². The third kappa shape index (κ3) is 1.20. The van der Waals surface area contributed by atoms with Gasteiger partial charge >= 0.3 is 0 Å². The molecule has 2 aromatic carbocycles. The van der Waals surface area contributed by atoms with Gasteiger partial charge in [-0.05, 0) is 17.9 Å². The predicted molar refractivity (Wildman–Crippen MR) is 59.6 cm³/mol. The van der Waals surface area contributed by atoms with Crippen molar-refractivity contribution in [3.8, 4) is 5.75 Å². The average molecular weight is 187 g/mol. The van der Waals surface area contributed by atoms with E-state index in [0.717, 1.165) is 27.8 Å². The highest BCUT2D eigenvalue weighted by atomic mass is 16.5. The van der Waals surface area contributed by atoms with E-state index in [0.29, 0.717) is 0 Å². The van der Waals surface area contributed by atoms with E-state index in [1.807, 2.05) is 31.2 Å². The smallest absolute Gasteiger partial charge is 0.124 e. The molecule has 0 atom stereocenters. The first-order chi connectivity index (χ1) is 6.74. The zero-order valence-electron chi connectivity index (χ0n) is 8.37. The molecule has 2 N–H and O–H groups in total. The summed E-state index contributed by atoms with van der Waals surface area (Å²) in [7, 11) is 1.66. The lowest BCUT2D eigenvalue weighted by Gasteiger charge is -2.10. The topological polar surface area (TPSA) is 35.2 Å². The van der Waals surface area contributed by atoms with Crippen LogP contribution in [0.5, 0.6) is 5.75 Å². The van der Waals surface area contributed by atoms with Gasteiger partial charge in [0.1, 0.15) is 5.75 Å². The molecule has 0 aliphatic rings. The van der Waals surface area contributed by atoms with Crippen LogP contribution in [0.4, 0.5) is 5.69 Å². The fraction of sp³-hybridized carbons (Fsp3) is 0.167. The van der Waals surface area contributed by atoms with E-state index in [9.17, 15) is 0 Å². The Bertz CT molecular complexity index is 477. The Kier molecular flexibility index (Phi) is 2.04. The lowest BCUT2D eigenvalue weighted by atomic mass is 10.0. The number of nitrogen functional groups attached to an aromatic ring is 1. The zero-order chi connectivity index (χ0) is 10.1. The molecule has 2 rings (SSSR count). The predicted octanol–water partition coefficient (Wildman–Crippen LogP) is 2.74. The summed E-state index contributed by atoms with van der Waals surface area (Å²) in [6, 6.07) is 9.96. The third-order valence-corrected chi connectivity index (χ3v) is 2.52. The van der Waals surface area contributed by atoms with Crippen LogP contribution in [-0.4, -0.2) is 7.11 Å². The SMILES string of the molecule is COc1cc(N)c2ccccc2c1C. The van der Waals surface area contributed by atoms with Gasteiger partial charge in [0.2, 0.25) is 0 Å². The first kappa shape index (κ1) is 8.88. The van der Waals surface area contributed by atoms with Gasteiger partial charge in [-0.3, -0.25) is 0 Å². The average Bonchev–Trinajstić information content (AvgIpc) is 2.23. The highest BCUT2D eigenvalue weighted by Crippen LogP contribution is 2.31. The maximum absolute atomic E-state index is 5.92. The molecule has 0 aromatic heterocycles. The quantitative estimate of drug-likeness (QED) is 0.697. The van der Waals surface area contributed by atoms with Gasteiger partial charge in [0.25, 0.3) is 0 Å². The van der Waals surface area contributed by atoms with Crippen molar-refractivity contribution < 1.29 is 4.74 Å². The van der Waals surface area contributed by atoms with Gasteiger partial charge < -0.3 is 10.5 Å². The Labute approximate surface area is 83.3 Å². The Morgan fingerprint density at radius 3 is 2.43 bits per heavy atom. The molecule has 0 aliphatic carbocycles. The summed E-state index contributed by atoms with van der Waals surface area (Å²) >= 11 is 0. The number of fused-ring (bicyclic) bond motifs is 1. The number of aryl methyl sites for hydroxylation is 1. The monoisotopic (exact) mass is 187 g/mol. The molecule has 0 bridgehead atoms. The van der Waals surface area contributed by atoms with Gasteiger partial charge in [0, 0.05) is 17.1 Å². The van der Waals surface area contributed by atoms with Crippen molar-refractivity contribution in [2.45, 2.75) is 6.92 Å². The summed E-state index contributed by atoms with van der Waals surface area (Å²) in [6.45, 7) is 2.04. The zero-order valence-corrected chi connectivity index (χ0v) is 8.37. The lowest BCUT2D eigenvalue weighted by Crippen LogP contribution is -1.93. The van der Waals surface area contributed by atoms with E-state index in [1.54, 1.807) is 7.11 Å². The van der Waals surface area contributed by atoms with Crippen molar-refractivity contribution in [2.24, 2.45) is 0 Å². The van der Waals surface area contributed by atoms with Gasteiger partial charge in [0.15, 0.2) is 0 Å². The van der Waals surface area contributed by atoms with Crippen LogP contribution in [0.2, 0.25) is 0 Å². The Hall–Kier alpha value is -1.70. The fourth-order valence-corrected chi connectivity index (χ4v) is 1.73. The van der Waals surface area contributed by atoms with E-state index >= 15 is 0 Å². The highest BCUT2D eigenvalue weighted by molar-refractivity contribution is 5.96. The molecule has 0 fully saturated rings. The summed E-state index contributed by atoms with van der Waals surface area (Å²) in [5, 5.41) is 2.25. The van der Waals surface area contributed by atoms with Crippen molar-refractivity contribution in [2.75, 3.05) is 12.8 Å². The largest absolute Gasteiger partial charge is 0.496 e. The first-order valence-corrected chi connectivity index (χ1v) is 4.56. The minimum Gasteiger partial charge on any atom is -0.496 e. The summed E-state index contributed by atoms with van der Waals surface area (Å²) in [5.41, 5.74) is 7.82. The molecule has 0 saturated carbocycles. The minimum atomic E-state index is 0.767. The van der Waals surface area contributed by atoms with E-state index in [4.69, 9.17) is 10.5 Å². The Morgan fingerprint density at radius 1 is 1.14 bits per heavy atom. The summed E-state index contributed by atoms with van der Waals surface area (Å²) in [4.78, 5) is 0. The second-order valence-electron chi connectivity index (χ2n) is 3.34. The molecule has 2 heteroatoms. The standard InChI is InChI=1S/C12H13NO/c1-8-9-5-3-4-6-10(9)11(13)7-12(8)14-2/h3-7H,13H2,1-2H3. The minimum absolute atomic E-state index is 0.767. The van der Waals surface area contributed by atoms with Crippen LogP contribution in [0.1, 0.15) is 5.56 Å². The summed E-state index contributed by atoms with van der Waals surface area (Å²) in [6.07, 6.45) is 0. The Balaban J connectivity index is 2.87. The van der Waals surface area contributed by atoms with Crippen molar-refractivity contribution in [1.29, 1.82) is 0 Å². The number of hydrogen-bond acceptors (Lipinski definition) is 2. The van der Waals surface area contributed by atoms with Crippen LogP contribution in [-0.2, 0) is 0 Å². The number of rotatable bonds is 1. The van der Waals surface area contributed by atoms with E-state index in [-0.39, 0.29) is 0 Å². The normalized spacial score (nSPS) is 10.4.